The lowest BCUT2D eigenvalue weighted by atomic mass is 9.88. The van der Waals surface area contributed by atoms with Crippen molar-refractivity contribution in [3.8, 4) is 0 Å². The minimum absolute atomic E-state index is 0.156. The van der Waals surface area contributed by atoms with Crippen LogP contribution >= 0.6 is 0 Å². The molecule has 3 N–H and O–H groups in total. The molecular weight excluding hydrogens is 324 g/mol. The van der Waals surface area contributed by atoms with E-state index < -0.39 is 39.8 Å². The second-order valence-corrected chi connectivity index (χ2v) is 4.65. The number of aliphatic hydroxyl groups is 3. The summed E-state index contributed by atoms with van der Waals surface area (Å²) >= 11 is 0. The summed E-state index contributed by atoms with van der Waals surface area (Å²) in [4.78, 5) is 20.2. The Morgan fingerprint density at radius 1 is 0.783 bits per heavy atom. The van der Waals surface area contributed by atoms with E-state index in [-0.39, 0.29) is 32.4 Å². The van der Waals surface area contributed by atoms with E-state index in [0.29, 0.717) is 6.42 Å². The molecule has 1 aromatic rings. The monoisotopic (exact) mass is 340 g/mol. The molecule has 0 radical (unpaired) electrons. The average Bonchev–Trinajstić information content (AvgIpc) is 2.57. The molecule has 5 nitrogen and oxygen atoms in total. The molecule has 0 aliphatic heterocycles. The molecule has 9 heteroatoms. The van der Waals surface area contributed by atoms with Gasteiger partial charge >= 0.3 is 0 Å². The highest BCUT2D eigenvalue weighted by Crippen LogP contribution is 2.21. The van der Waals surface area contributed by atoms with Gasteiger partial charge in [0.25, 0.3) is 0 Å². The summed E-state index contributed by atoms with van der Waals surface area (Å²) in [6.45, 7) is 1.35. The number of carbonyl (C=O) groups excluding carboxylic acids is 2. The predicted octanol–water partition coefficient (Wildman–Crippen LogP) is 1.23. The molecule has 130 valence electrons. The summed E-state index contributed by atoms with van der Waals surface area (Å²) in [6, 6.07) is 0. The molecule has 0 bridgehead atoms. The van der Waals surface area contributed by atoms with Crippen molar-refractivity contribution in [1.82, 2.24) is 0 Å². The topological polar surface area (TPSA) is 94.8 Å². The van der Waals surface area contributed by atoms with E-state index in [9.17, 15) is 27.2 Å². The molecular formula is C14H16F4O5. The van der Waals surface area contributed by atoms with E-state index >= 15 is 0 Å². The molecule has 0 amide bonds. The first kappa shape index (κ1) is 21.2. The Bertz CT molecular complexity index is 506. The summed E-state index contributed by atoms with van der Waals surface area (Å²) < 4.78 is 50.7. The summed E-state index contributed by atoms with van der Waals surface area (Å²) in [7, 11) is 0. The van der Waals surface area contributed by atoms with Crippen LogP contribution in [0.2, 0.25) is 0 Å². The number of benzene rings is 1. The first-order valence-electron chi connectivity index (χ1n) is 6.37. The van der Waals surface area contributed by atoms with Crippen molar-refractivity contribution in [2.75, 3.05) is 19.8 Å². The number of aldehydes is 2. The number of halogens is 4. The number of carbonyl (C=O) groups is 2. The van der Waals surface area contributed by atoms with Gasteiger partial charge in [0.15, 0.2) is 30.0 Å². The van der Waals surface area contributed by atoms with Gasteiger partial charge in [0.05, 0.1) is 30.9 Å². The molecule has 0 fully saturated rings. The number of aliphatic hydroxyl groups excluding tert-OH is 3. The largest absolute Gasteiger partial charge is 0.396 e. The van der Waals surface area contributed by atoms with E-state index in [1.165, 1.54) is 0 Å². The van der Waals surface area contributed by atoms with Crippen LogP contribution in [-0.2, 0) is 0 Å². The average molecular weight is 340 g/mol. The standard InChI is InChI=1S/C8H2F4O2.C6H14O3/c9-5-3(1-13)6(10)8(12)7(11)4(5)2-14;1-2-6(3-7,4-8)5-9/h1-2H;7-9H,2-5H2,1H3. The maximum atomic E-state index is 12.9. The molecule has 0 aromatic heterocycles. The van der Waals surface area contributed by atoms with Crippen LogP contribution in [0.15, 0.2) is 0 Å². The lowest BCUT2D eigenvalue weighted by molar-refractivity contribution is 0.00304. The number of hydrogen-bond donors (Lipinski definition) is 3. The van der Waals surface area contributed by atoms with E-state index in [1.54, 1.807) is 0 Å². The van der Waals surface area contributed by atoms with Crippen LogP contribution in [-0.4, -0.2) is 47.7 Å². The van der Waals surface area contributed by atoms with Gasteiger partial charge in [0.1, 0.15) is 5.82 Å². The molecule has 0 atom stereocenters. The molecule has 23 heavy (non-hydrogen) atoms. The van der Waals surface area contributed by atoms with Crippen molar-refractivity contribution >= 4 is 12.6 Å². The van der Waals surface area contributed by atoms with Crippen LogP contribution in [0.1, 0.15) is 34.1 Å². The third kappa shape index (κ3) is 4.57. The fourth-order valence-corrected chi connectivity index (χ4v) is 1.36. The first-order valence-corrected chi connectivity index (χ1v) is 6.37. The Labute approximate surface area is 129 Å². The lowest BCUT2D eigenvalue weighted by Crippen LogP contribution is -2.32. The molecule has 0 aliphatic rings. The lowest BCUT2D eigenvalue weighted by Gasteiger charge is -2.24. The Kier molecular flexibility index (Phi) is 8.59. The highest BCUT2D eigenvalue weighted by molar-refractivity contribution is 5.83. The van der Waals surface area contributed by atoms with Crippen molar-refractivity contribution in [3.05, 3.63) is 34.4 Å². The Hall–Kier alpha value is -1.84. The van der Waals surface area contributed by atoms with Crippen molar-refractivity contribution in [3.63, 3.8) is 0 Å². The van der Waals surface area contributed by atoms with Crippen LogP contribution in [0.25, 0.3) is 0 Å². The third-order valence-electron chi connectivity index (χ3n) is 3.32. The SMILES string of the molecule is CCC(CO)(CO)CO.O=Cc1c(F)c(F)c(F)c(C=O)c1F. The number of hydrogen-bond acceptors (Lipinski definition) is 5. The van der Waals surface area contributed by atoms with Crippen LogP contribution < -0.4 is 0 Å². The molecule has 0 saturated heterocycles. The highest BCUT2D eigenvalue weighted by atomic mass is 19.2. The van der Waals surface area contributed by atoms with Gasteiger partial charge in [-0.05, 0) is 6.42 Å². The van der Waals surface area contributed by atoms with Crippen molar-refractivity contribution in [1.29, 1.82) is 0 Å². The second-order valence-electron chi connectivity index (χ2n) is 4.65. The Morgan fingerprint density at radius 3 is 1.30 bits per heavy atom. The van der Waals surface area contributed by atoms with Crippen LogP contribution in [0, 0.1) is 28.7 Å². The fraction of sp³-hybridized carbons (Fsp3) is 0.429. The zero-order chi connectivity index (χ0) is 18.2. The molecule has 0 heterocycles. The first-order chi connectivity index (χ1) is 10.8. The van der Waals surface area contributed by atoms with Gasteiger partial charge in [-0.2, -0.15) is 0 Å². The quantitative estimate of drug-likeness (QED) is 0.313. The summed E-state index contributed by atoms with van der Waals surface area (Å²) in [5.41, 5.74) is -3.27. The number of rotatable bonds is 6. The van der Waals surface area contributed by atoms with Gasteiger partial charge < -0.3 is 15.3 Å². The smallest absolute Gasteiger partial charge is 0.196 e. The van der Waals surface area contributed by atoms with Gasteiger partial charge in [-0.15, -0.1) is 0 Å². The molecule has 0 aliphatic carbocycles. The van der Waals surface area contributed by atoms with Gasteiger partial charge in [0, 0.05) is 5.41 Å². The maximum Gasteiger partial charge on any atom is 0.196 e. The fourth-order valence-electron chi connectivity index (χ4n) is 1.36. The van der Waals surface area contributed by atoms with Gasteiger partial charge in [-0.25, -0.2) is 17.6 Å². The molecule has 0 saturated carbocycles. The molecule has 0 unspecified atom stereocenters. The zero-order valence-corrected chi connectivity index (χ0v) is 12.2. The minimum Gasteiger partial charge on any atom is -0.396 e. The van der Waals surface area contributed by atoms with Crippen LogP contribution in [0.4, 0.5) is 17.6 Å². The van der Waals surface area contributed by atoms with Crippen molar-refractivity contribution in [2.24, 2.45) is 5.41 Å². The predicted molar refractivity (Wildman–Crippen MR) is 71.0 cm³/mol. The van der Waals surface area contributed by atoms with Crippen molar-refractivity contribution in [2.45, 2.75) is 13.3 Å². The molecule has 0 spiro atoms. The van der Waals surface area contributed by atoms with Crippen molar-refractivity contribution < 1.29 is 42.5 Å². The second kappa shape index (κ2) is 9.33. The summed E-state index contributed by atoms with van der Waals surface area (Å²) in [6.07, 6.45) is -0.0725. The maximum absolute atomic E-state index is 12.9. The van der Waals surface area contributed by atoms with Crippen LogP contribution in [0.5, 0.6) is 0 Å². The van der Waals surface area contributed by atoms with Crippen LogP contribution in [0.3, 0.4) is 0 Å². The third-order valence-corrected chi connectivity index (χ3v) is 3.32. The summed E-state index contributed by atoms with van der Waals surface area (Å²) in [5.74, 6) is -7.64. The zero-order valence-electron chi connectivity index (χ0n) is 12.2. The highest BCUT2D eigenvalue weighted by Gasteiger charge is 2.25. The molecule has 1 aromatic carbocycles. The van der Waals surface area contributed by atoms with E-state index in [0.717, 1.165) is 0 Å². The van der Waals surface area contributed by atoms with Gasteiger partial charge in [0.2, 0.25) is 0 Å². The molecule has 1 rings (SSSR count). The van der Waals surface area contributed by atoms with E-state index in [1.807, 2.05) is 6.92 Å². The Balaban J connectivity index is 0.000000468. The van der Waals surface area contributed by atoms with Gasteiger partial charge in [-0.3, -0.25) is 9.59 Å². The van der Waals surface area contributed by atoms with E-state index in [2.05, 4.69) is 0 Å². The summed E-state index contributed by atoms with van der Waals surface area (Å²) in [5, 5.41) is 26.0. The van der Waals surface area contributed by atoms with E-state index in [4.69, 9.17) is 15.3 Å². The minimum atomic E-state index is -2.05. The Morgan fingerprint density at radius 2 is 1.13 bits per heavy atom. The normalized spacial score (nSPS) is 10.8. The van der Waals surface area contributed by atoms with Gasteiger partial charge in [-0.1, -0.05) is 6.92 Å².